The van der Waals surface area contributed by atoms with Crippen molar-refractivity contribution in [2.24, 2.45) is 45.3 Å². The molecule has 0 aliphatic heterocycles. The molecule has 0 radical (unpaired) electrons. The molecule has 0 saturated heterocycles. The van der Waals surface area contributed by atoms with Gasteiger partial charge in [-0.2, -0.15) is 0 Å². The third-order valence-corrected chi connectivity index (χ3v) is 12.3. The molecule has 0 unspecified atom stereocenters. The summed E-state index contributed by atoms with van der Waals surface area (Å²) < 4.78 is 0. The van der Waals surface area contributed by atoms with Gasteiger partial charge in [-0.3, -0.25) is 4.79 Å². The van der Waals surface area contributed by atoms with E-state index in [4.69, 9.17) is 0 Å². The molecule has 4 rings (SSSR count). The second kappa shape index (κ2) is 8.25. The van der Waals surface area contributed by atoms with Crippen LogP contribution in [0.25, 0.3) is 0 Å². The Kier molecular flexibility index (Phi) is 6.49. The standard InChI is InChI=1S/C30H52O5/c1-25(2,34)12-9-13-30(8,35)18-10-15-28(6)23(18)19(31)16-21-27(5)14-11-22(33)26(3,4)24(27)20(32)17-29(21,28)7/h18-21,23-24,31-32,34-35H,9-17H2,1-8H3/t18-,19+,20-,21+,23-,24-,27+,28+,29+,30+/m0/s1. The molecule has 202 valence electrons. The van der Waals surface area contributed by atoms with E-state index in [1.807, 2.05) is 34.6 Å². The molecule has 0 amide bonds. The number of Topliss-reactive ketones (excluding diaryl/α,β-unsaturated/α-hetero) is 1. The van der Waals surface area contributed by atoms with Crippen LogP contribution in [0.15, 0.2) is 0 Å². The Morgan fingerprint density at radius 2 is 1.54 bits per heavy atom. The Hall–Kier alpha value is -0.490. The van der Waals surface area contributed by atoms with Gasteiger partial charge in [-0.25, -0.2) is 0 Å². The zero-order chi connectivity index (χ0) is 26.4. The summed E-state index contributed by atoms with van der Waals surface area (Å²) in [4.78, 5) is 12.9. The Morgan fingerprint density at radius 3 is 2.14 bits per heavy atom. The van der Waals surface area contributed by atoms with Crippen molar-refractivity contribution in [2.75, 3.05) is 0 Å². The van der Waals surface area contributed by atoms with Gasteiger partial charge >= 0.3 is 0 Å². The Morgan fingerprint density at radius 1 is 0.914 bits per heavy atom. The van der Waals surface area contributed by atoms with Crippen molar-refractivity contribution in [3.8, 4) is 0 Å². The van der Waals surface area contributed by atoms with Gasteiger partial charge in [-0.15, -0.1) is 0 Å². The lowest BCUT2D eigenvalue weighted by atomic mass is 9.34. The quantitative estimate of drug-likeness (QED) is 0.439. The maximum Gasteiger partial charge on any atom is 0.138 e. The highest BCUT2D eigenvalue weighted by atomic mass is 16.3. The molecule has 4 aliphatic carbocycles. The number of fused-ring (bicyclic) bond motifs is 5. The first-order valence-corrected chi connectivity index (χ1v) is 14.2. The number of aliphatic hydroxyl groups excluding tert-OH is 2. The van der Waals surface area contributed by atoms with Crippen LogP contribution in [0.1, 0.15) is 113 Å². The number of aliphatic hydroxyl groups is 4. The molecule has 0 heterocycles. The molecule has 0 bridgehead atoms. The Balaban J connectivity index is 1.67. The van der Waals surface area contributed by atoms with Crippen LogP contribution in [-0.4, -0.2) is 49.6 Å². The Labute approximate surface area is 213 Å². The van der Waals surface area contributed by atoms with Gasteiger partial charge in [0.25, 0.3) is 0 Å². The van der Waals surface area contributed by atoms with Crippen molar-refractivity contribution in [1.82, 2.24) is 0 Å². The number of ketones is 1. The van der Waals surface area contributed by atoms with Gasteiger partial charge in [0.1, 0.15) is 5.78 Å². The van der Waals surface area contributed by atoms with Crippen LogP contribution in [0.3, 0.4) is 0 Å². The van der Waals surface area contributed by atoms with Crippen LogP contribution in [0, 0.1) is 45.3 Å². The van der Waals surface area contributed by atoms with Gasteiger partial charge in [0, 0.05) is 17.8 Å². The highest BCUT2D eigenvalue weighted by Gasteiger charge is 2.73. The van der Waals surface area contributed by atoms with Crippen molar-refractivity contribution in [3.63, 3.8) is 0 Å². The molecular weight excluding hydrogens is 440 g/mol. The van der Waals surface area contributed by atoms with E-state index in [1.54, 1.807) is 0 Å². The van der Waals surface area contributed by atoms with E-state index in [2.05, 4.69) is 20.8 Å². The summed E-state index contributed by atoms with van der Waals surface area (Å²) in [5.74, 6) is 0.362. The van der Waals surface area contributed by atoms with Crippen LogP contribution in [-0.2, 0) is 4.79 Å². The summed E-state index contributed by atoms with van der Waals surface area (Å²) in [6, 6.07) is 0. The largest absolute Gasteiger partial charge is 0.393 e. The van der Waals surface area contributed by atoms with E-state index in [9.17, 15) is 25.2 Å². The molecule has 4 fully saturated rings. The zero-order valence-electron chi connectivity index (χ0n) is 23.5. The molecule has 5 nitrogen and oxygen atoms in total. The van der Waals surface area contributed by atoms with E-state index in [-0.39, 0.29) is 45.7 Å². The summed E-state index contributed by atoms with van der Waals surface area (Å²) in [6.07, 6.45) is 5.42. The van der Waals surface area contributed by atoms with Crippen LogP contribution >= 0.6 is 0 Å². The van der Waals surface area contributed by atoms with Crippen LogP contribution in [0.2, 0.25) is 0 Å². The summed E-state index contributed by atoms with van der Waals surface area (Å²) in [6.45, 7) is 16.5. The highest BCUT2D eigenvalue weighted by molar-refractivity contribution is 5.85. The molecular formula is C30H52O5. The lowest BCUT2D eigenvalue weighted by Gasteiger charge is -2.70. The third-order valence-electron chi connectivity index (χ3n) is 12.3. The maximum atomic E-state index is 12.9. The fourth-order valence-electron chi connectivity index (χ4n) is 10.5. The Bertz CT molecular complexity index is 842. The van der Waals surface area contributed by atoms with Crippen molar-refractivity contribution < 1.29 is 25.2 Å². The lowest BCUT2D eigenvalue weighted by Crippen LogP contribution is -2.69. The second-order valence-electron chi connectivity index (χ2n) is 15.3. The van der Waals surface area contributed by atoms with E-state index in [1.165, 1.54) is 0 Å². The number of rotatable bonds is 5. The smallest absolute Gasteiger partial charge is 0.138 e. The monoisotopic (exact) mass is 492 g/mol. The van der Waals surface area contributed by atoms with Crippen LogP contribution < -0.4 is 0 Å². The molecule has 4 saturated carbocycles. The average Bonchev–Trinajstić information content (AvgIpc) is 3.07. The first-order valence-electron chi connectivity index (χ1n) is 14.2. The molecule has 4 N–H and O–H groups in total. The fourth-order valence-corrected chi connectivity index (χ4v) is 10.5. The zero-order valence-corrected chi connectivity index (χ0v) is 23.5. The number of carbonyl (C=O) groups is 1. The van der Waals surface area contributed by atoms with E-state index in [0.29, 0.717) is 32.1 Å². The van der Waals surface area contributed by atoms with Gasteiger partial charge in [-0.1, -0.05) is 34.6 Å². The van der Waals surface area contributed by atoms with Gasteiger partial charge < -0.3 is 20.4 Å². The van der Waals surface area contributed by atoms with Gasteiger partial charge in [0.05, 0.1) is 23.4 Å². The molecule has 0 aromatic heterocycles. The molecule has 35 heavy (non-hydrogen) atoms. The predicted molar refractivity (Wildman–Crippen MR) is 138 cm³/mol. The number of hydrogen-bond acceptors (Lipinski definition) is 5. The first kappa shape index (κ1) is 27.5. The van der Waals surface area contributed by atoms with E-state index < -0.39 is 28.8 Å². The van der Waals surface area contributed by atoms with Crippen molar-refractivity contribution >= 4 is 5.78 Å². The molecule has 0 aromatic carbocycles. The lowest BCUT2D eigenvalue weighted by molar-refractivity contribution is -0.258. The molecule has 5 heteroatoms. The van der Waals surface area contributed by atoms with Crippen LogP contribution in [0.4, 0.5) is 0 Å². The normalized spacial score (nSPS) is 49.1. The minimum absolute atomic E-state index is 0.00544. The molecule has 0 spiro atoms. The SMILES string of the molecule is CC(C)(O)CCC[C@@](C)(O)[C@H]1CC[C@]2(C)[C@@H]1[C@H](O)C[C@@H]1[C@@]3(C)CCC(=O)C(C)(C)[C@@H]3[C@@H](O)C[C@]12C. The minimum Gasteiger partial charge on any atom is -0.393 e. The molecule has 10 atom stereocenters. The second-order valence-corrected chi connectivity index (χ2v) is 15.3. The summed E-state index contributed by atoms with van der Waals surface area (Å²) in [5.41, 5.74) is -2.77. The first-order chi connectivity index (χ1) is 15.8. The van der Waals surface area contributed by atoms with Crippen molar-refractivity contribution in [3.05, 3.63) is 0 Å². The fraction of sp³-hybridized carbons (Fsp3) is 0.967. The van der Waals surface area contributed by atoms with Crippen LogP contribution in [0.5, 0.6) is 0 Å². The third kappa shape index (κ3) is 3.97. The highest BCUT2D eigenvalue weighted by Crippen LogP contribution is 2.75. The maximum absolute atomic E-state index is 12.9. The topological polar surface area (TPSA) is 98.0 Å². The summed E-state index contributed by atoms with van der Waals surface area (Å²) in [5, 5.41) is 45.2. The average molecular weight is 493 g/mol. The number of hydrogen-bond donors (Lipinski definition) is 4. The summed E-state index contributed by atoms with van der Waals surface area (Å²) in [7, 11) is 0. The van der Waals surface area contributed by atoms with Crippen molar-refractivity contribution in [2.45, 2.75) is 137 Å². The van der Waals surface area contributed by atoms with Gasteiger partial charge in [-0.05, 0) is 106 Å². The minimum atomic E-state index is -0.906. The van der Waals surface area contributed by atoms with E-state index >= 15 is 0 Å². The van der Waals surface area contributed by atoms with Gasteiger partial charge in [0.2, 0.25) is 0 Å². The van der Waals surface area contributed by atoms with Gasteiger partial charge in [0.15, 0.2) is 0 Å². The number of carbonyl (C=O) groups excluding carboxylic acids is 1. The molecule has 4 aliphatic rings. The predicted octanol–water partition coefficient (Wildman–Crippen LogP) is 4.87. The van der Waals surface area contributed by atoms with Crippen molar-refractivity contribution in [1.29, 1.82) is 0 Å². The molecule has 0 aromatic rings. The summed E-state index contributed by atoms with van der Waals surface area (Å²) >= 11 is 0. The van der Waals surface area contributed by atoms with E-state index in [0.717, 1.165) is 25.7 Å².